The molecular formula is C23H23ClN2O5S. The van der Waals surface area contributed by atoms with Gasteiger partial charge in [0.2, 0.25) is 10.0 Å². The fraction of sp³-hybridized carbons (Fsp3) is 0.174. The van der Waals surface area contributed by atoms with Crippen LogP contribution in [0.4, 0.5) is 0 Å². The van der Waals surface area contributed by atoms with Gasteiger partial charge in [0, 0.05) is 12.1 Å². The van der Waals surface area contributed by atoms with E-state index < -0.39 is 15.9 Å². The lowest BCUT2D eigenvalue weighted by Crippen LogP contribution is -2.29. The molecular weight excluding hydrogens is 452 g/mol. The van der Waals surface area contributed by atoms with Crippen molar-refractivity contribution in [3.8, 4) is 11.5 Å². The van der Waals surface area contributed by atoms with Crippen molar-refractivity contribution in [1.82, 2.24) is 10.0 Å². The van der Waals surface area contributed by atoms with Gasteiger partial charge in [0.1, 0.15) is 23.0 Å². The van der Waals surface area contributed by atoms with Crippen LogP contribution in [-0.2, 0) is 16.6 Å². The third kappa shape index (κ3) is 6.46. The third-order valence-corrected chi connectivity index (χ3v) is 6.39. The number of amides is 1. The van der Waals surface area contributed by atoms with E-state index >= 15 is 0 Å². The molecule has 0 fully saturated rings. The maximum absolute atomic E-state index is 12.7. The van der Waals surface area contributed by atoms with Crippen molar-refractivity contribution < 1.29 is 22.7 Å². The van der Waals surface area contributed by atoms with Crippen LogP contribution in [0.15, 0.2) is 77.7 Å². The second-order valence-electron chi connectivity index (χ2n) is 6.74. The average Bonchev–Trinajstić information content (AvgIpc) is 2.81. The monoisotopic (exact) mass is 474 g/mol. The largest absolute Gasteiger partial charge is 0.497 e. The first-order valence-corrected chi connectivity index (χ1v) is 11.6. The van der Waals surface area contributed by atoms with Crippen LogP contribution < -0.4 is 19.5 Å². The van der Waals surface area contributed by atoms with Crippen LogP contribution in [0.25, 0.3) is 0 Å². The van der Waals surface area contributed by atoms with Gasteiger partial charge in [-0.3, -0.25) is 4.79 Å². The molecule has 0 bridgehead atoms. The fourth-order valence-electron chi connectivity index (χ4n) is 2.81. The van der Waals surface area contributed by atoms with Crippen LogP contribution in [0, 0.1) is 0 Å². The van der Waals surface area contributed by atoms with Gasteiger partial charge in [-0.25, -0.2) is 13.1 Å². The van der Waals surface area contributed by atoms with Crippen LogP contribution in [0.1, 0.15) is 15.9 Å². The van der Waals surface area contributed by atoms with E-state index in [1.807, 2.05) is 30.3 Å². The van der Waals surface area contributed by atoms with Crippen LogP contribution in [0.2, 0.25) is 5.02 Å². The van der Waals surface area contributed by atoms with E-state index in [1.165, 1.54) is 18.2 Å². The first-order valence-electron chi connectivity index (χ1n) is 9.77. The summed E-state index contributed by atoms with van der Waals surface area (Å²) in [4.78, 5) is 12.3. The Morgan fingerprint density at radius 1 is 0.969 bits per heavy atom. The van der Waals surface area contributed by atoms with E-state index in [2.05, 4.69) is 10.0 Å². The maximum Gasteiger partial charge on any atom is 0.251 e. The van der Waals surface area contributed by atoms with Crippen LogP contribution in [0.3, 0.4) is 0 Å². The molecule has 3 aromatic rings. The second-order valence-corrected chi connectivity index (χ2v) is 8.88. The van der Waals surface area contributed by atoms with E-state index in [0.717, 1.165) is 11.3 Å². The van der Waals surface area contributed by atoms with Gasteiger partial charge in [0.05, 0.1) is 18.7 Å². The molecule has 0 aliphatic rings. The number of sulfonamides is 1. The van der Waals surface area contributed by atoms with E-state index in [-0.39, 0.29) is 35.2 Å². The number of hydrogen-bond donors (Lipinski definition) is 2. The van der Waals surface area contributed by atoms with Crippen molar-refractivity contribution in [2.24, 2.45) is 0 Å². The Kier molecular flexibility index (Phi) is 8.10. The molecule has 0 aromatic heterocycles. The Hall–Kier alpha value is -3.07. The van der Waals surface area contributed by atoms with Crippen molar-refractivity contribution in [3.63, 3.8) is 0 Å². The minimum absolute atomic E-state index is 0.0324. The van der Waals surface area contributed by atoms with Gasteiger partial charge >= 0.3 is 0 Å². The number of ether oxygens (including phenoxy) is 2. The van der Waals surface area contributed by atoms with Crippen molar-refractivity contribution in [2.45, 2.75) is 11.4 Å². The number of benzene rings is 3. The summed E-state index contributed by atoms with van der Waals surface area (Å²) in [7, 11) is -2.33. The lowest BCUT2D eigenvalue weighted by Gasteiger charge is -2.11. The Bertz CT molecular complexity index is 1150. The summed E-state index contributed by atoms with van der Waals surface area (Å²) in [5, 5.41) is 2.73. The Morgan fingerprint density at radius 2 is 1.66 bits per heavy atom. The van der Waals surface area contributed by atoms with Gasteiger partial charge in [0.15, 0.2) is 0 Å². The lowest BCUT2D eigenvalue weighted by molar-refractivity contribution is 0.0947. The van der Waals surface area contributed by atoms with Crippen molar-refractivity contribution in [3.05, 3.63) is 88.9 Å². The van der Waals surface area contributed by atoms with E-state index in [0.29, 0.717) is 5.75 Å². The highest BCUT2D eigenvalue weighted by atomic mass is 35.5. The highest BCUT2D eigenvalue weighted by molar-refractivity contribution is 7.89. The fourth-order valence-corrected chi connectivity index (χ4v) is 4.35. The minimum atomic E-state index is -3.91. The summed E-state index contributed by atoms with van der Waals surface area (Å²) in [6.45, 7) is 0.593. The highest BCUT2D eigenvalue weighted by Gasteiger charge is 2.20. The van der Waals surface area contributed by atoms with Crippen molar-refractivity contribution >= 4 is 27.5 Å². The van der Waals surface area contributed by atoms with Crippen LogP contribution >= 0.6 is 11.6 Å². The van der Waals surface area contributed by atoms with E-state index in [4.69, 9.17) is 21.1 Å². The summed E-state index contributed by atoms with van der Waals surface area (Å²) in [5.41, 5.74) is 0.983. The molecule has 7 nitrogen and oxygen atoms in total. The average molecular weight is 475 g/mol. The predicted molar refractivity (Wildman–Crippen MR) is 123 cm³/mol. The standard InChI is InChI=1S/C23H23ClN2O5S/c1-30-19-8-10-20(11-9-19)31-14-13-25-23(27)18-7-12-21(24)22(15-18)32(28,29)26-16-17-5-3-2-4-6-17/h2-12,15,26H,13-14,16H2,1H3,(H,25,27). The molecule has 0 aliphatic carbocycles. The zero-order valence-corrected chi connectivity index (χ0v) is 18.9. The Balaban J connectivity index is 1.58. The predicted octanol–water partition coefficient (Wildman–Crippen LogP) is 3.64. The third-order valence-electron chi connectivity index (χ3n) is 4.51. The van der Waals surface area contributed by atoms with Gasteiger partial charge in [-0.05, 0) is 48.0 Å². The quantitative estimate of drug-likeness (QED) is 0.437. The van der Waals surface area contributed by atoms with Gasteiger partial charge in [-0.1, -0.05) is 41.9 Å². The number of carbonyl (C=O) groups is 1. The molecule has 9 heteroatoms. The number of hydrogen-bond acceptors (Lipinski definition) is 5. The van der Waals surface area contributed by atoms with Gasteiger partial charge in [0.25, 0.3) is 5.91 Å². The van der Waals surface area contributed by atoms with E-state index in [9.17, 15) is 13.2 Å². The summed E-state index contributed by atoms with van der Waals surface area (Å²) in [5.74, 6) is 0.932. The maximum atomic E-state index is 12.7. The molecule has 0 unspecified atom stereocenters. The van der Waals surface area contributed by atoms with Gasteiger partial charge < -0.3 is 14.8 Å². The molecule has 1 amide bonds. The first kappa shape index (κ1) is 23.6. The Morgan fingerprint density at radius 3 is 2.34 bits per heavy atom. The molecule has 0 atom stereocenters. The lowest BCUT2D eigenvalue weighted by atomic mass is 10.2. The summed E-state index contributed by atoms with van der Waals surface area (Å²) < 4.78 is 38.6. The van der Waals surface area contributed by atoms with Crippen molar-refractivity contribution in [1.29, 1.82) is 0 Å². The summed E-state index contributed by atoms with van der Waals surface area (Å²) >= 11 is 6.10. The molecule has 32 heavy (non-hydrogen) atoms. The minimum Gasteiger partial charge on any atom is -0.497 e. The molecule has 0 radical (unpaired) electrons. The van der Waals surface area contributed by atoms with Gasteiger partial charge in [-0.2, -0.15) is 0 Å². The Labute approximate surface area is 192 Å². The van der Waals surface area contributed by atoms with E-state index in [1.54, 1.807) is 31.4 Å². The second kappa shape index (κ2) is 11.0. The smallest absolute Gasteiger partial charge is 0.251 e. The van der Waals surface area contributed by atoms with Crippen LogP contribution in [0.5, 0.6) is 11.5 Å². The van der Waals surface area contributed by atoms with Gasteiger partial charge in [-0.15, -0.1) is 0 Å². The molecule has 3 aromatic carbocycles. The normalized spacial score (nSPS) is 11.1. The summed E-state index contributed by atoms with van der Waals surface area (Å²) in [6.07, 6.45) is 0. The SMILES string of the molecule is COc1ccc(OCCNC(=O)c2ccc(Cl)c(S(=O)(=O)NCc3ccccc3)c2)cc1. The molecule has 2 N–H and O–H groups in total. The zero-order valence-electron chi connectivity index (χ0n) is 17.4. The van der Waals surface area contributed by atoms with Crippen LogP contribution in [-0.4, -0.2) is 34.6 Å². The molecule has 3 rings (SSSR count). The number of methoxy groups -OCH3 is 1. The molecule has 0 spiro atoms. The number of nitrogens with one attached hydrogen (secondary N) is 2. The molecule has 0 saturated carbocycles. The number of carbonyl (C=O) groups excluding carboxylic acids is 1. The first-order chi connectivity index (χ1) is 15.4. The van der Waals surface area contributed by atoms with Crippen molar-refractivity contribution in [2.75, 3.05) is 20.3 Å². The highest BCUT2D eigenvalue weighted by Crippen LogP contribution is 2.23. The number of halogens is 1. The topological polar surface area (TPSA) is 93.7 Å². The zero-order chi connectivity index (χ0) is 23.0. The molecule has 0 heterocycles. The number of rotatable bonds is 10. The summed E-state index contributed by atoms with van der Waals surface area (Å²) in [6, 6.07) is 20.3. The molecule has 0 aliphatic heterocycles. The molecule has 168 valence electrons. The molecule has 0 saturated heterocycles.